The van der Waals surface area contributed by atoms with Gasteiger partial charge in [0, 0.05) is 0 Å². The van der Waals surface area contributed by atoms with Crippen LogP contribution in [0.25, 0.3) is 6.08 Å². The maximum Gasteiger partial charge on any atom is 0.270 e. The van der Waals surface area contributed by atoms with Crippen LogP contribution >= 0.6 is 24.0 Å². The molecule has 2 aromatic rings. The van der Waals surface area contributed by atoms with Gasteiger partial charge < -0.3 is 9.47 Å². The van der Waals surface area contributed by atoms with Crippen LogP contribution < -0.4 is 14.4 Å². The molecule has 2 aromatic carbocycles. The molecular weight excluding hydrogens is 390 g/mol. The van der Waals surface area contributed by atoms with E-state index in [2.05, 4.69) is 13.5 Å². The monoisotopic (exact) mass is 411 g/mol. The van der Waals surface area contributed by atoms with Crippen LogP contribution in [-0.4, -0.2) is 23.9 Å². The Morgan fingerprint density at radius 3 is 2.57 bits per heavy atom. The molecule has 6 heteroatoms. The molecule has 3 rings (SSSR count). The number of methoxy groups -OCH3 is 1. The molecule has 1 aliphatic heterocycles. The quantitative estimate of drug-likeness (QED) is 0.354. The fourth-order valence-corrected chi connectivity index (χ4v) is 4.06. The van der Waals surface area contributed by atoms with E-state index in [0.29, 0.717) is 27.3 Å². The minimum atomic E-state index is -0.120. The Labute approximate surface area is 174 Å². The molecule has 0 unspecified atom stereocenters. The van der Waals surface area contributed by atoms with Gasteiger partial charge in [-0.25, -0.2) is 0 Å². The van der Waals surface area contributed by atoms with E-state index < -0.39 is 0 Å². The van der Waals surface area contributed by atoms with Crippen molar-refractivity contribution >= 4 is 46.0 Å². The van der Waals surface area contributed by atoms with Crippen LogP contribution in [0.5, 0.6) is 11.5 Å². The van der Waals surface area contributed by atoms with Gasteiger partial charge in [-0.15, -0.1) is 0 Å². The van der Waals surface area contributed by atoms with Crippen molar-refractivity contribution in [2.45, 2.75) is 13.3 Å². The number of thiocarbonyl (C=S) groups is 1. The molecule has 1 saturated heterocycles. The molecule has 0 aromatic heterocycles. The summed E-state index contributed by atoms with van der Waals surface area (Å²) in [6, 6.07) is 13.4. The van der Waals surface area contributed by atoms with Crippen LogP contribution in [0, 0.1) is 0 Å². The zero-order valence-corrected chi connectivity index (χ0v) is 17.4. The van der Waals surface area contributed by atoms with Gasteiger partial charge in [-0.1, -0.05) is 61.8 Å². The number of rotatable bonds is 7. The molecule has 1 aliphatic rings. The largest absolute Gasteiger partial charge is 0.493 e. The number of hydrogen-bond acceptors (Lipinski definition) is 5. The summed E-state index contributed by atoms with van der Waals surface area (Å²) in [5.74, 6) is 1.11. The van der Waals surface area contributed by atoms with Crippen molar-refractivity contribution in [3.05, 3.63) is 71.2 Å². The second kappa shape index (κ2) is 9.08. The first-order valence-electron chi connectivity index (χ1n) is 8.86. The number of carbonyl (C=O) groups excluding carboxylic acids is 1. The van der Waals surface area contributed by atoms with Crippen molar-refractivity contribution in [1.29, 1.82) is 0 Å². The van der Waals surface area contributed by atoms with Gasteiger partial charge in [0.2, 0.25) is 0 Å². The van der Waals surface area contributed by atoms with E-state index in [0.717, 1.165) is 17.7 Å². The lowest BCUT2D eigenvalue weighted by Gasteiger charge is -2.14. The van der Waals surface area contributed by atoms with Gasteiger partial charge in [-0.05, 0) is 47.9 Å². The van der Waals surface area contributed by atoms with Gasteiger partial charge in [0.15, 0.2) is 15.8 Å². The number of ether oxygens (including phenoxy) is 2. The smallest absolute Gasteiger partial charge is 0.270 e. The van der Waals surface area contributed by atoms with E-state index in [1.807, 2.05) is 48.5 Å². The zero-order valence-electron chi connectivity index (χ0n) is 15.8. The van der Waals surface area contributed by atoms with Crippen LogP contribution in [-0.2, 0) is 11.2 Å². The third-order valence-corrected chi connectivity index (χ3v) is 5.54. The molecule has 1 amide bonds. The summed E-state index contributed by atoms with van der Waals surface area (Å²) in [7, 11) is 1.58. The maximum absolute atomic E-state index is 12.9. The Hall–Kier alpha value is -2.57. The number of anilines is 1. The third kappa shape index (κ3) is 4.29. The highest BCUT2D eigenvalue weighted by Gasteiger charge is 2.33. The van der Waals surface area contributed by atoms with E-state index in [-0.39, 0.29) is 5.91 Å². The minimum absolute atomic E-state index is 0.120. The Kier molecular flexibility index (Phi) is 6.54. The first kappa shape index (κ1) is 20.2. The van der Waals surface area contributed by atoms with Crippen LogP contribution in [0.15, 0.2) is 60.0 Å². The van der Waals surface area contributed by atoms with Crippen molar-refractivity contribution in [3.8, 4) is 11.5 Å². The second-order valence-corrected chi connectivity index (χ2v) is 7.72. The number of benzene rings is 2. The van der Waals surface area contributed by atoms with Gasteiger partial charge in [0.1, 0.15) is 6.61 Å². The molecule has 0 radical (unpaired) electrons. The predicted octanol–water partition coefficient (Wildman–Crippen LogP) is 5.23. The van der Waals surface area contributed by atoms with Gasteiger partial charge in [0.25, 0.3) is 5.91 Å². The molecule has 0 N–H and O–H groups in total. The van der Waals surface area contributed by atoms with E-state index >= 15 is 0 Å². The zero-order chi connectivity index (χ0) is 20.1. The Bertz CT molecular complexity index is 935. The van der Waals surface area contributed by atoms with Crippen LogP contribution in [0.2, 0.25) is 0 Å². The first-order valence-corrected chi connectivity index (χ1v) is 10.1. The van der Waals surface area contributed by atoms with Crippen molar-refractivity contribution in [3.63, 3.8) is 0 Å². The Morgan fingerprint density at radius 2 is 1.93 bits per heavy atom. The summed E-state index contributed by atoms with van der Waals surface area (Å²) >= 11 is 6.74. The molecule has 28 heavy (non-hydrogen) atoms. The fraction of sp³-hybridized carbons (Fsp3) is 0.182. The number of nitrogens with zero attached hydrogens (tertiary/aromatic N) is 1. The van der Waals surface area contributed by atoms with Crippen LogP contribution in [0.1, 0.15) is 18.1 Å². The third-order valence-electron chi connectivity index (χ3n) is 4.24. The van der Waals surface area contributed by atoms with E-state index in [1.165, 1.54) is 17.3 Å². The summed E-state index contributed by atoms with van der Waals surface area (Å²) in [6.45, 7) is 6.13. The number of thioether (sulfide) groups is 1. The number of aryl methyl sites for hydroxylation is 1. The van der Waals surface area contributed by atoms with Crippen molar-refractivity contribution in [2.75, 3.05) is 18.6 Å². The average Bonchev–Trinajstić information content (AvgIpc) is 3.00. The van der Waals surface area contributed by atoms with Crippen LogP contribution in [0.4, 0.5) is 5.69 Å². The highest BCUT2D eigenvalue weighted by atomic mass is 32.2. The van der Waals surface area contributed by atoms with Crippen molar-refractivity contribution in [1.82, 2.24) is 0 Å². The van der Waals surface area contributed by atoms with Gasteiger partial charge in [-0.2, -0.15) is 0 Å². The van der Waals surface area contributed by atoms with Gasteiger partial charge >= 0.3 is 0 Å². The molecule has 0 spiro atoms. The number of amides is 1. The predicted molar refractivity (Wildman–Crippen MR) is 120 cm³/mol. The molecule has 1 heterocycles. The molecule has 0 atom stereocenters. The van der Waals surface area contributed by atoms with Crippen LogP contribution in [0.3, 0.4) is 0 Å². The summed E-state index contributed by atoms with van der Waals surface area (Å²) in [4.78, 5) is 15.1. The molecule has 144 valence electrons. The highest BCUT2D eigenvalue weighted by molar-refractivity contribution is 8.27. The lowest BCUT2D eigenvalue weighted by Crippen LogP contribution is -2.27. The lowest BCUT2D eigenvalue weighted by atomic mass is 10.1. The van der Waals surface area contributed by atoms with E-state index in [4.69, 9.17) is 21.7 Å². The van der Waals surface area contributed by atoms with E-state index in [9.17, 15) is 4.79 Å². The van der Waals surface area contributed by atoms with Crippen molar-refractivity contribution in [2.24, 2.45) is 0 Å². The summed E-state index contributed by atoms with van der Waals surface area (Å²) in [5, 5.41) is 0. The minimum Gasteiger partial charge on any atom is -0.493 e. The highest BCUT2D eigenvalue weighted by Crippen LogP contribution is 2.37. The average molecular weight is 412 g/mol. The standard InChI is InChI=1S/C22H21NO3S2/c1-4-12-26-18-11-8-16(13-19(18)25-3)14-20-21(24)23(22(27)28-20)17-9-6-15(5-2)7-10-17/h4,6-11,13-14H,1,5,12H2,2-3H3. The molecule has 0 saturated carbocycles. The summed E-state index contributed by atoms with van der Waals surface area (Å²) in [6.07, 6.45) is 4.44. The maximum atomic E-state index is 12.9. The topological polar surface area (TPSA) is 38.8 Å². The van der Waals surface area contributed by atoms with Gasteiger partial charge in [-0.3, -0.25) is 9.69 Å². The normalized spacial score (nSPS) is 15.2. The fourth-order valence-electron chi connectivity index (χ4n) is 2.76. The first-order chi connectivity index (χ1) is 13.6. The molecule has 0 aliphatic carbocycles. The Balaban J connectivity index is 1.85. The molecule has 4 nitrogen and oxygen atoms in total. The molecular formula is C22H21NO3S2. The van der Waals surface area contributed by atoms with Crippen molar-refractivity contribution < 1.29 is 14.3 Å². The number of carbonyl (C=O) groups is 1. The SMILES string of the molecule is C=CCOc1ccc(C=C2SC(=S)N(c3ccc(CC)cc3)C2=O)cc1OC. The second-order valence-electron chi connectivity index (χ2n) is 6.05. The summed E-state index contributed by atoms with van der Waals surface area (Å²) < 4.78 is 11.5. The number of hydrogen-bond donors (Lipinski definition) is 0. The molecule has 0 bridgehead atoms. The Morgan fingerprint density at radius 1 is 1.18 bits per heavy atom. The van der Waals surface area contributed by atoms with Gasteiger partial charge in [0.05, 0.1) is 17.7 Å². The summed E-state index contributed by atoms with van der Waals surface area (Å²) in [5.41, 5.74) is 2.84. The lowest BCUT2D eigenvalue weighted by molar-refractivity contribution is -0.113. The van der Waals surface area contributed by atoms with E-state index in [1.54, 1.807) is 18.1 Å². The molecule has 1 fully saturated rings.